The van der Waals surface area contributed by atoms with E-state index in [9.17, 15) is 12.8 Å². The van der Waals surface area contributed by atoms with Crippen molar-refractivity contribution < 1.29 is 22.3 Å². The Morgan fingerprint density at radius 1 is 1.50 bits per heavy atom. The zero-order valence-electron chi connectivity index (χ0n) is 9.43. The SMILES string of the molecule is O=S(=O)(Cl)c1cc(F)ccc1OCC1CCOC1. The van der Waals surface area contributed by atoms with Gasteiger partial charge in [-0.25, -0.2) is 12.8 Å². The van der Waals surface area contributed by atoms with Gasteiger partial charge in [0.15, 0.2) is 0 Å². The molecule has 0 radical (unpaired) electrons. The minimum absolute atomic E-state index is 0.0679. The summed E-state index contributed by atoms with van der Waals surface area (Å²) in [6.45, 7) is 1.59. The van der Waals surface area contributed by atoms with E-state index in [1.165, 1.54) is 6.07 Å². The lowest BCUT2D eigenvalue weighted by Crippen LogP contribution is -2.13. The van der Waals surface area contributed by atoms with Gasteiger partial charge in [0.2, 0.25) is 0 Å². The van der Waals surface area contributed by atoms with Gasteiger partial charge in [-0.05, 0) is 24.6 Å². The van der Waals surface area contributed by atoms with Crippen molar-refractivity contribution >= 4 is 19.7 Å². The van der Waals surface area contributed by atoms with E-state index in [0.717, 1.165) is 18.6 Å². The maximum atomic E-state index is 13.0. The Kier molecular flexibility index (Phi) is 4.09. The number of hydrogen-bond acceptors (Lipinski definition) is 4. The Labute approximate surface area is 109 Å². The van der Waals surface area contributed by atoms with Crippen LogP contribution in [0, 0.1) is 11.7 Å². The zero-order valence-corrected chi connectivity index (χ0v) is 11.0. The lowest BCUT2D eigenvalue weighted by atomic mass is 10.1. The van der Waals surface area contributed by atoms with Crippen LogP contribution >= 0.6 is 10.7 Å². The summed E-state index contributed by atoms with van der Waals surface area (Å²) in [5.41, 5.74) is 0. The zero-order chi connectivity index (χ0) is 13.2. The third-order valence-corrected chi connectivity index (χ3v) is 4.01. The van der Waals surface area contributed by atoms with E-state index in [1.807, 2.05) is 0 Å². The molecule has 4 nitrogen and oxygen atoms in total. The molecule has 100 valence electrons. The number of rotatable bonds is 4. The summed E-state index contributed by atoms with van der Waals surface area (Å²) in [7, 11) is 1.21. The van der Waals surface area contributed by atoms with E-state index < -0.39 is 14.9 Å². The summed E-state index contributed by atoms with van der Waals surface area (Å²) in [6.07, 6.45) is 0.865. The van der Waals surface area contributed by atoms with Gasteiger partial charge >= 0.3 is 0 Å². The smallest absolute Gasteiger partial charge is 0.265 e. The van der Waals surface area contributed by atoms with Crippen molar-refractivity contribution in [1.82, 2.24) is 0 Å². The highest BCUT2D eigenvalue weighted by Gasteiger charge is 2.21. The third-order valence-electron chi connectivity index (χ3n) is 2.67. The predicted octanol–water partition coefficient (Wildman–Crippen LogP) is 2.17. The maximum absolute atomic E-state index is 13.0. The molecule has 1 aliphatic rings. The van der Waals surface area contributed by atoms with E-state index in [4.69, 9.17) is 20.2 Å². The molecule has 1 aromatic rings. The molecule has 1 heterocycles. The second-order valence-corrected chi connectivity index (χ2v) is 6.60. The van der Waals surface area contributed by atoms with Crippen LogP contribution < -0.4 is 4.74 Å². The Morgan fingerprint density at radius 2 is 2.28 bits per heavy atom. The molecule has 0 N–H and O–H groups in total. The Morgan fingerprint density at radius 3 is 2.89 bits per heavy atom. The molecule has 0 bridgehead atoms. The molecule has 0 saturated carbocycles. The minimum atomic E-state index is -4.03. The van der Waals surface area contributed by atoms with Crippen molar-refractivity contribution in [3.8, 4) is 5.75 Å². The highest BCUT2D eigenvalue weighted by Crippen LogP contribution is 2.28. The van der Waals surface area contributed by atoms with Crippen molar-refractivity contribution in [2.45, 2.75) is 11.3 Å². The van der Waals surface area contributed by atoms with Gasteiger partial charge in [-0.2, -0.15) is 0 Å². The molecule has 2 rings (SSSR count). The van der Waals surface area contributed by atoms with Crippen molar-refractivity contribution in [3.05, 3.63) is 24.0 Å². The molecule has 1 saturated heterocycles. The molecular formula is C11H12ClFO4S. The highest BCUT2D eigenvalue weighted by molar-refractivity contribution is 8.13. The van der Waals surface area contributed by atoms with Gasteiger partial charge in [-0.3, -0.25) is 0 Å². The van der Waals surface area contributed by atoms with E-state index in [1.54, 1.807) is 0 Å². The van der Waals surface area contributed by atoms with Gasteiger partial charge < -0.3 is 9.47 Å². The molecule has 1 aromatic carbocycles. The third kappa shape index (κ3) is 3.34. The van der Waals surface area contributed by atoms with Crippen LogP contribution in [0.1, 0.15) is 6.42 Å². The predicted molar refractivity (Wildman–Crippen MR) is 63.9 cm³/mol. The molecular weight excluding hydrogens is 283 g/mol. The van der Waals surface area contributed by atoms with Gasteiger partial charge in [-0.1, -0.05) is 0 Å². The number of hydrogen-bond donors (Lipinski definition) is 0. The van der Waals surface area contributed by atoms with Crippen LogP contribution in [0.2, 0.25) is 0 Å². The van der Waals surface area contributed by atoms with Crippen LogP contribution in [0.25, 0.3) is 0 Å². The van der Waals surface area contributed by atoms with Gasteiger partial charge in [0.1, 0.15) is 16.5 Å². The fourth-order valence-corrected chi connectivity index (χ4v) is 2.70. The maximum Gasteiger partial charge on any atom is 0.265 e. The first-order valence-corrected chi connectivity index (χ1v) is 7.72. The Balaban J connectivity index is 2.16. The first-order chi connectivity index (χ1) is 8.47. The lowest BCUT2D eigenvalue weighted by Gasteiger charge is -2.12. The monoisotopic (exact) mass is 294 g/mol. The Hall–Kier alpha value is -0.850. The van der Waals surface area contributed by atoms with E-state index >= 15 is 0 Å². The number of benzene rings is 1. The second kappa shape index (κ2) is 5.42. The van der Waals surface area contributed by atoms with Gasteiger partial charge in [0.25, 0.3) is 9.05 Å². The van der Waals surface area contributed by atoms with Crippen molar-refractivity contribution in [2.24, 2.45) is 5.92 Å². The molecule has 7 heteroatoms. The van der Waals surface area contributed by atoms with Crippen LogP contribution in [0.3, 0.4) is 0 Å². The van der Waals surface area contributed by atoms with Crippen LogP contribution in [-0.4, -0.2) is 28.2 Å². The summed E-state index contributed by atoms with van der Waals surface area (Å²) < 4.78 is 46.2. The lowest BCUT2D eigenvalue weighted by molar-refractivity contribution is 0.166. The van der Waals surface area contributed by atoms with Crippen LogP contribution in [0.4, 0.5) is 4.39 Å². The summed E-state index contributed by atoms with van der Waals surface area (Å²) >= 11 is 0. The average molecular weight is 295 g/mol. The second-order valence-electron chi connectivity index (χ2n) is 4.07. The first kappa shape index (κ1) is 13.6. The quantitative estimate of drug-likeness (QED) is 0.799. The fourth-order valence-electron chi connectivity index (χ4n) is 1.71. The molecule has 1 unspecified atom stereocenters. The number of ether oxygens (including phenoxy) is 2. The molecule has 0 aromatic heterocycles. The summed E-state index contributed by atoms with van der Waals surface area (Å²) in [4.78, 5) is -0.344. The topological polar surface area (TPSA) is 52.6 Å². The van der Waals surface area contributed by atoms with Crippen molar-refractivity contribution in [2.75, 3.05) is 19.8 Å². The van der Waals surface area contributed by atoms with Gasteiger partial charge in [0.05, 0.1) is 13.2 Å². The minimum Gasteiger partial charge on any atom is -0.492 e. The van der Waals surface area contributed by atoms with Crippen LogP contribution in [0.15, 0.2) is 23.1 Å². The normalized spacial score (nSPS) is 20.0. The molecule has 1 fully saturated rings. The molecule has 1 aliphatic heterocycles. The van der Waals surface area contributed by atoms with Gasteiger partial charge in [-0.15, -0.1) is 0 Å². The summed E-state index contributed by atoms with van der Waals surface area (Å²) in [5, 5.41) is 0. The van der Waals surface area contributed by atoms with Crippen molar-refractivity contribution in [3.63, 3.8) is 0 Å². The van der Waals surface area contributed by atoms with Crippen LogP contribution in [-0.2, 0) is 13.8 Å². The molecule has 0 aliphatic carbocycles. The van der Waals surface area contributed by atoms with E-state index in [-0.39, 0.29) is 16.6 Å². The fraction of sp³-hybridized carbons (Fsp3) is 0.455. The summed E-state index contributed by atoms with van der Waals surface area (Å²) in [5.74, 6) is -0.384. The Bertz CT molecular complexity index is 526. The molecule has 0 amide bonds. The molecule has 1 atom stereocenters. The standard InChI is InChI=1S/C11H12ClFO4S/c12-18(14,15)11-5-9(13)1-2-10(11)17-7-8-3-4-16-6-8/h1-2,5,8H,3-4,6-7H2. The highest BCUT2D eigenvalue weighted by atomic mass is 35.7. The van der Waals surface area contributed by atoms with Gasteiger partial charge in [0, 0.05) is 23.2 Å². The largest absolute Gasteiger partial charge is 0.492 e. The molecule has 0 spiro atoms. The first-order valence-electron chi connectivity index (χ1n) is 5.41. The molecule has 18 heavy (non-hydrogen) atoms. The van der Waals surface area contributed by atoms with E-state index in [0.29, 0.717) is 19.8 Å². The van der Waals surface area contributed by atoms with Crippen molar-refractivity contribution in [1.29, 1.82) is 0 Å². The summed E-state index contributed by atoms with van der Waals surface area (Å²) in [6, 6.07) is 3.25. The average Bonchev–Trinajstić information content (AvgIpc) is 2.79. The van der Waals surface area contributed by atoms with Crippen LogP contribution in [0.5, 0.6) is 5.75 Å². The number of halogens is 2. The van der Waals surface area contributed by atoms with E-state index in [2.05, 4.69) is 0 Å².